The molecule has 0 saturated carbocycles. The summed E-state index contributed by atoms with van der Waals surface area (Å²) in [6.45, 7) is 9.85. The van der Waals surface area contributed by atoms with Crippen molar-refractivity contribution < 1.29 is 0 Å². The first-order valence-corrected chi connectivity index (χ1v) is 4.34. The van der Waals surface area contributed by atoms with Crippen molar-refractivity contribution in [3.8, 4) is 0 Å². The summed E-state index contributed by atoms with van der Waals surface area (Å²) >= 11 is 0. The van der Waals surface area contributed by atoms with E-state index < -0.39 is 0 Å². The van der Waals surface area contributed by atoms with Crippen molar-refractivity contribution >= 4 is 12.4 Å². The Hall–Kier alpha value is -1.18. The fraction of sp³-hybridized carbons (Fsp3) is 0.455. The van der Waals surface area contributed by atoms with Gasteiger partial charge in [0.25, 0.3) is 0 Å². The molecule has 1 unspecified atom stereocenters. The van der Waals surface area contributed by atoms with Gasteiger partial charge in [-0.15, -0.1) is 0 Å². The van der Waals surface area contributed by atoms with Gasteiger partial charge in [0.1, 0.15) is 0 Å². The van der Waals surface area contributed by atoms with Crippen LogP contribution >= 0.6 is 0 Å². The molecule has 0 radical (unpaired) electrons. The normalized spacial score (nSPS) is 15.4. The van der Waals surface area contributed by atoms with Crippen molar-refractivity contribution in [1.29, 1.82) is 5.41 Å². The van der Waals surface area contributed by atoms with Gasteiger partial charge in [0.05, 0.1) is 0 Å². The predicted octanol–water partition coefficient (Wildman–Crippen LogP) is 2.87. The molecule has 13 heavy (non-hydrogen) atoms. The zero-order chi connectivity index (χ0) is 10.4. The first-order chi connectivity index (χ1) is 6.04. The third-order valence-electron chi connectivity index (χ3n) is 2.08. The average molecular weight is 178 g/mol. The Kier molecular flexibility index (Phi) is 4.97. The highest BCUT2D eigenvalue weighted by Gasteiger charge is 2.06. The summed E-state index contributed by atoms with van der Waals surface area (Å²) in [6, 6.07) is 0. The summed E-state index contributed by atoms with van der Waals surface area (Å²) in [6.07, 6.45) is 3.24. The van der Waals surface area contributed by atoms with Gasteiger partial charge in [0.2, 0.25) is 0 Å². The second kappa shape index (κ2) is 5.46. The van der Waals surface area contributed by atoms with Crippen LogP contribution < -0.4 is 0 Å². The van der Waals surface area contributed by atoms with Crippen molar-refractivity contribution in [2.75, 3.05) is 7.05 Å². The minimum atomic E-state index is 0.157. The molecule has 0 spiro atoms. The molecule has 0 aromatic rings. The van der Waals surface area contributed by atoms with Crippen LogP contribution in [0, 0.1) is 11.3 Å². The zero-order valence-electron chi connectivity index (χ0n) is 8.89. The second-order valence-corrected chi connectivity index (χ2v) is 3.22. The Balaban J connectivity index is 5.07. The number of allylic oxidation sites excluding steroid dienone is 3. The number of nitrogens with zero attached hydrogens (tertiary/aromatic N) is 1. The molecule has 0 heterocycles. The van der Waals surface area contributed by atoms with Crippen molar-refractivity contribution in [3.05, 3.63) is 23.3 Å². The summed E-state index contributed by atoms with van der Waals surface area (Å²) in [5.74, 6) is 0.157. The Morgan fingerprint density at radius 1 is 1.46 bits per heavy atom. The van der Waals surface area contributed by atoms with Gasteiger partial charge in [0.15, 0.2) is 0 Å². The maximum Gasteiger partial charge on any atom is 0.0283 e. The van der Waals surface area contributed by atoms with Crippen LogP contribution in [-0.2, 0) is 0 Å². The Morgan fingerprint density at radius 3 is 2.31 bits per heavy atom. The fourth-order valence-electron chi connectivity index (χ4n) is 1.05. The van der Waals surface area contributed by atoms with Crippen LogP contribution in [0.15, 0.2) is 28.3 Å². The van der Waals surface area contributed by atoms with Gasteiger partial charge in [-0.3, -0.25) is 4.99 Å². The number of rotatable bonds is 4. The van der Waals surface area contributed by atoms with Gasteiger partial charge in [-0.05, 0) is 25.0 Å². The highest BCUT2D eigenvalue weighted by molar-refractivity contribution is 5.86. The van der Waals surface area contributed by atoms with Gasteiger partial charge < -0.3 is 5.41 Å². The molecule has 2 heteroatoms. The highest BCUT2D eigenvalue weighted by Crippen LogP contribution is 2.17. The molecule has 0 aromatic carbocycles. The van der Waals surface area contributed by atoms with Crippen LogP contribution in [0.3, 0.4) is 0 Å². The van der Waals surface area contributed by atoms with E-state index in [4.69, 9.17) is 5.41 Å². The lowest BCUT2D eigenvalue weighted by molar-refractivity contribution is 0.920. The third kappa shape index (κ3) is 3.36. The van der Waals surface area contributed by atoms with E-state index in [-0.39, 0.29) is 5.92 Å². The van der Waals surface area contributed by atoms with Crippen LogP contribution in [0.1, 0.15) is 20.8 Å². The van der Waals surface area contributed by atoms with Crippen molar-refractivity contribution in [1.82, 2.24) is 0 Å². The second-order valence-electron chi connectivity index (χ2n) is 3.22. The van der Waals surface area contributed by atoms with Gasteiger partial charge in [-0.1, -0.05) is 19.1 Å². The van der Waals surface area contributed by atoms with Crippen LogP contribution in [0.2, 0.25) is 0 Å². The summed E-state index contributed by atoms with van der Waals surface area (Å²) in [4.78, 5) is 3.98. The monoisotopic (exact) mass is 178 g/mol. The minimum absolute atomic E-state index is 0.157. The predicted molar refractivity (Wildman–Crippen MR) is 59.9 cm³/mol. The van der Waals surface area contributed by atoms with Crippen LogP contribution in [0.5, 0.6) is 0 Å². The lowest BCUT2D eigenvalue weighted by Gasteiger charge is -2.10. The van der Waals surface area contributed by atoms with Gasteiger partial charge in [-0.25, -0.2) is 0 Å². The van der Waals surface area contributed by atoms with E-state index in [0.717, 1.165) is 16.7 Å². The van der Waals surface area contributed by atoms with Gasteiger partial charge in [0, 0.05) is 25.4 Å². The van der Waals surface area contributed by atoms with Crippen molar-refractivity contribution in [2.45, 2.75) is 20.8 Å². The van der Waals surface area contributed by atoms with E-state index in [0.29, 0.717) is 0 Å². The maximum atomic E-state index is 7.17. The van der Waals surface area contributed by atoms with E-state index in [1.807, 2.05) is 20.8 Å². The first-order valence-electron chi connectivity index (χ1n) is 4.34. The molecular weight excluding hydrogens is 160 g/mol. The lowest BCUT2D eigenvalue weighted by atomic mass is 9.95. The summed E-state index contributed by atoms with van der Waals surface area (Å²) < 4.78 is 0. The third-order valence-corrected chi connectivity index (χ3v) is 2.08. The largest absolute Gasteiger partial charge is 0.312 e. The summed E-state index contributed by atoms with van der Waals surface area (Å²) in [7, 11) is 1.74. The average Bonchev–Trinajstić information content (AvgIpc) is 2.11. The standard InChI is InChI=1S/C11H18N2/c1-8(2)11(7-13-5)10(4)9(3)6-12/h6-7,9,12H,1H2,2-5H3/b11-10-,12-6?,13-7-. The first kappa shape index (κ1) is 11.8. The zero-order valence-corrected chi connectivity index (χ0v) is 8.89. The minimum Gasteiger partial charge on any atom is -0.312 e. The fourth-order valence-corrected chi connectivity index (χ4v) is 1.05. The smallest absolute Gasteiger partial charge is 0.0283 e. The molecule has 0 aliphatic carbocycles. The number of hydrogen-bond acceptors (Lipinski definition) is 2. The molecule has 72 valence electrons. The van der Waals surface area contributed by atoms with Gasteiger partial charge in [-0.2, -0.15) is 0 Å². The maximum absolute atomic E-state index is 7.17. The quantitative estimate of drug-likeness (QED) is 0.507. The van der Waals surface area contributed by atoms with Crippen LogP contribution in [0.25, 0.3) is 0 Å². The van der Waals surface area contributed by atoms with Crippen LogP contribution in [-0.4, -0.2) is 19.5 Å². The van der Waals surface area contributed by atoms with E-state index >= 15 is 0 Å². The van der Waals surface area contributed by atoms with Crippen molar-refractivity contribution in [3.63, 3.8) is 0 Å². The Morgan fingerprint density at radius 2 is 2.00 bits per heavy atom. The molecule has 0 saturated heterocycles. The molecule has 0 aromatic heterocycles. The molecule has 0 fully saturated rings. The van der Waals surface area contributed by atoms with E-state index in [1.165, 1.54) is 6.21 Å². The van der Waals surface area contributed by atoms with Crippen LogP contribution in [0.4, 0.5) is 0 Å². The Labute approximate surface area is 80.6 Å². The number of nitrogens with one attached hydrogen (secondary N) is 1. The summed E-state index contributed by atoms with van der Waals surface area (Å²) in [5.41, 5.74) is 3.20. The lowest BCUT2D eigenvalue weighted by Crippen LogP contribution is -2.02. The van der Waals surface area contributed by atoms with Gasteiger partial charge >= 0.3 is 0 Å². The number of hydrogen-bond donors (Lipinski definition) is 1. The number of aliphatic imine (C=N–C) groups is 1. The Bertz CT molecular complexity index is 259. The molecule has 0 bridgehead atoms. The molecule has 0 rings (SSSR count). The molecule has 2 nitrogen and oxygen atoms in total. The van der Waals surface area contributed by atoms with E-state index in [2.05, 4.69) is 11.6 Å². The molecule has 0 aliphatic rings. The topological polar surface area (TPSA) is 36.2 Å². The molecule has 0 aliphatic heterocycles. The molecule has 1 atom stereocenters. The van der Waals surface area contributed by atoms with Crippen molar-refractivity contribution in [2.24, 2.45) is 10.9 Å². The highest BCUT2D eigenvalue weighted by atomic mass is 14.6. The van der Waals surface area contributed by atoms with E-state index in [1.54, 1.807) is 13.3 Å². The summed E-state index contributed by atoms with van der Waals surface area (Å²) in [5, 5.41) is 7.17. The van der Waals surface area contributed by atoms with E-state index in [9.17, 15) is 0 Å². The molecule has 1 N–H and O–H groups in total. The molecular formula is C11H18N2. The SMILES string of the molecule is C=C(C)C(/C=N\C)=C(/C)C(C)C=N. The molecule has 0 amide bonds.